The van der Waals surface area contributed by atoms with E-state index in [1.807, 2.05) is 6.07 Å². The lowest BCUT2D eigenvalue weighted by Crippen LogP contribution is -2.37. The lowest BCUT2D eigenvalue weighted by molar-refractivity contribution is -0.141. The van der Waals surface area contributed by atoms with Gasteiger partial charge in [-0.05, 0) is 49.2 Å². The Morgan fingerprint density at radius 3 is 2.74 bits per heavy atom. The third-order valence-corrected chi connectivity index (χ3v) is 5.76. The Balaban J connectivity index is 1.55. The predicted molar refractivity (Wildman–Crippen MR) is 114 cm³/mol. The van der Waals surface area contributed by atoms with Crippen LogP contribution in [0.25, 0.3) is 16.3 Å². The minimum Gasteiger partial charge on any atom is -0.393 e. The number of alkyl halides is 3. The molecule has 1 aliphatic heterocycles. The minimum absolute atomic E-state index is 0.150. The first kappa shape index (κ1) is 21.3. The number of pyridine rings is 1. The number of anilines is 2. The van der Waals surface area contributed by atoms with E-state index in [-0.39, 0.29) is 5.82 Å². The van der Waals surface area contributed by atoms with Crippen molar-refractivity contribution in [1.29, 1.82) is 0 Å². The van der Waals surface area contributed by atoms with Gasteiger partial charge in [0.05, 0.1) is 21.8 Å². The number of aliphatic hydroxyl groups is 1. The maximum atomic E-state index is 13.2. The number of aromatic nitrogens is 2. The van der Waals surface area contributed by atoms with Gasteiger partial charge in [0.15, 0.2) is 0 Å². The van der Waals surface area contributed by atoms with Crippen LogP contribution in [-0.2, 0) is 11.0 Å². The fourth-order valence-corrected chi connectivity index (χ4v) is 4.08. The predicted octanol–water partition coefficient (Wildman–Crippen LogP) is 4.32. The maximum Gasteiger partial charge on any atom is 0.433 e. The molecule has 1 aromatic carbocycles. The summed E-state index contributed by atoms with van der Waals surface area (Å²) in [6.07, 6.45) is -1.43. The van der Waals surface area contributed by atoms with Crippen LogP contribution in [0.1, 0.15) is 24.1 Å². The summed E-state index contributed by atoms with van der Waals surface area (Å²) in [7, 11) is 0. The molecule has 4 rings (SSSR count). The molecule has 2 N–H and O–H groups in total. The Hall–Kier alpha value is -2.98. The van der Waals surface area contributed by atoms with Crippen molar-refractivity contribution in [1.82, 2.24) is 9.97 Å². The molecule has 0 unspecified atom stereocenters. The third kappa shape index (κ3) is 5.02. The lowest BCUT2D eigenvalue weighted by atomic mass is 10.1. The number of benzene rings is 1. The number of nitrogens with one attached hydrogen (secondary N) is 1. The monoisotopic (exact) mass is 448 g/mol. The van der Waals surface area contributed by atoms with Gasteiger partial charge in [0.2, 0.25) is 5.91 Å². The van der Waals surface area contributed by atoms with Crippen LogP contribution in [0.15, 0.2) is 41.9 Å². The zero-order valence-corrected chi connectivity index (χ0v) is 17.1. The highest BCUT2D eigenvalue weighted by atomic mass is 32.1. The average molecular weight is 448 g/mol. The van der Waals surface area contributed by atoms with E-state index in [0.717, 1.165) is 16.3 Å². The van der Waals surface area contributed by atoms with E-state index in [4.69, 9.17) is 0 Å². The number of halogens is 3. The molecule has 0 saturated carbocycles. The van der Waals surface area contributed by atoms with Crippen molar-refractivity contribution >= 4 is 45.0 Å². The first-order chi connectivity index (χ1) is 14.8. The van der Waals surface area contributed by atoms with Gasteiger partial charge in [0, 0.05) is 30.4 Å². The number of thiazole rings is 1. The van der Waals surface area contributed by atoms with E-state index in [1.54, 1.807) is 22.5 Å². The molecule has 31 heavy (non-hydrogen) atoms. The maximum absolute atomic E-state index is 13.2. The number of hydrogen-bond acceptors (Lipinski definition) is 6. The highest BCUT2D eigenvalue weighted by molar-refractivity contribution is 7.16. The Bertz CT molecular complexity index is 1120. The Morgan fingerprint density at radius 1 is 1.23 bits per heavy atom. The highest BCUT2D eigenvalue weighted by Gasteiger charge is 2.33. The molecule has 0 aliphatic carbocycles. The van der Waals surface area contributed by atoms with Gasteiger partial charge in [0.1, 0.15) is 11.5 Å². The molecule has 6 nitrogen and oxygen atoms in total. The number of carbonyl (C=O) groups excluding carboxylic acids is 1. The molecule has 3 heterocycles. The summed E-state index contributed by atoms with van der Waals surface area (Å²) in [6, 6.07) is 7.55. The van der Waals surface area contributed by atoms with Crippen molar-refractivity contribution in [2.75, 3.05) is 23.3 Å². The fourth-order valence-electron chi connectivity index (χ4n) is 3.36. The van der Waals surface area contributed by atoms with E-state index in [0.29, 0.717) is 37.2 Å². The third-order valence-electron chi connectivity index (χ3n) is 4.97. The summed E-state index contributed by atoms with van der Waals surface area (Å²) in [5.41, 5.74) is 2.56. The largest absolute Gasteiger partial charge is 0.433 e. The van der Waals surface area contributed by atoms with E-state index < -0.39 is 23.9 Å². The Labute approximate surface area is 180 Å². The lowest BCUT2D eigenvalue weighted by Gasteiger charge is -2.31. The van der Waals surface area contributed by atoms with E-state index in [9.17, 15) is 23.1 Å². The van der Waals surface area contributed by atoms with Crippen molar-refractivity contribution in [3.8, 4) is 0 Å². The van der Waals surface area contributed by atoms with Crippen molar-refractivity contribution < 1.29 is 23.1 Å². The molecule has 10 heteroatoms. The van der Waals surface area contributed by atoms with Crippen LogP contribution >= 0.6 is 11.3 Å². The number of carbonyl (C=O) groups is 1. The molecule has 3 aromatic rings. The Morgan fingerprint density at radius 2 is 2.00 bits per heavy atom. The number of amides is 1. The van der Waals surface area contributed by atoms with Gasteiger partial charge in [0.25, 0.3) is 0 Å². The normalized spacial score (nSPS) is 15.7. The summed E-state index contributed by atoms with van der Waals surface area (Å²) in [5.74, 6) is -0.263. The van der Waals surface area contributed by atoms with Crippen LogP contribution in [0.5, 0.6) is 0 Å². The molecule has 1 saturated heterocycles. The molecule has 1 aliphatic rings. The van der Waals surface area contributed by atoms with E-state index in [1.165, 1.54) is 29.6 Å². The quantitative estimate of drug-likeness (QED) is 0.581. The van der Waals surface area contributed by atoms with Gasteiger partial charge < -0.3 is 15.3 Å². The van der Waals surface area contributed by atoms with Gasteiger partial charge in [-0.1, -0.05) is 0 Å². The van der Waals surface area contributed by atoms with Gasteiger partial charge in [-0.2, -0.15) is 13.2 Å². The molecule has 0 bridgehead atoms. The summed E-state index contributed by atoms with van der Waals surface area (Å²) < 4.78 is 40.4. The average Bonchev–Trinajstić information content (AvgIpc) is 3.20. The van der Waals surface area contributed by atoms with Crippen molar-refractivity contribution in [3.05, 3.63) is 53.2 Å². The zero-order valence-electron chi connectivity index (χ0n) is 16.3. The standard InChI is InChI=1S/C21H19F3N4O2S/c22-21(23,24)18-5-1-13(20(27-18)28-9-7-15(29)8-10-28)2-6-19(30)26-14-3-4-16-17(11-14)31-12-25-16/h1-6,11-12,15,29H,7-10H2,(H,26,30). The second-order valence-corrected chi connectivity index (χ2v) is 8.07. The summed E-state index contributed by atoms with van der Waals surface area (Å²) in [4.78, 5) is 22.1. The van der Waals surface area contributed by atoms with Gasteiger partial charge in [-0.15, -0.1) is 11.3 Å². The number of piperidine rings is 1. The molecule has 0 spiro atoms. The van der Waals surface area contributed by atoms with Crippen LogP contribution < -0.4 is 10.2 Å². The molecule has 1 fully saturated rings. The van der Waals surface area contributed by atoms with Crippen molar-refractivity contribution in [2.45, 2.75) is 25.1 Å². The summed E-state index contributed by atoms with van der Waals surface area (Å²) in [6.45, 7) is 0.773. The summed E-state index contributed by atoms with van der Waals surface area (Å²) in [5, 5.41) is 12.4. The highest BCUT2D eigenvalue weighted by Crippen LogP contribution is 2.32. The zero-order chi connectivity index (χ0) is 22.0. The van der Waals surface area contributed by atoms with Gasteiger partial charge >= 0.3 is 6.18 Å². The number of rotatable bonds is 4. The van der Waals surface area contributed by atoms with Crippen molar-refractivity contribution in [3.63, 3.8) is 0 Å². The molecule has 162 valence electrons. The molecular weight excluding hydrogens is 429 g/mol. The van der Waals surface area contributed by atoms with E-state index in [2.05, 4.69) is 15.3 Å². The minimum atomic E-state index is -4.57. The summed E-state index contributed by atoms with van der Waals surface area (Å²) >= 11 is 1.46. The fraction of sp³-hybridized carbons (Fsp3) is 0.286. The number of aliphatic hydroxyl groups excluding tert-OH is 1. The smallest absolute Gasteiger partial charge is 0.393 e. The molecule has 1 amide bonds. The van der Waals surface area contributed by atoms with Crippen LogP contribution in [-0.4, -0.2) is 40.2 Å². The van der Waals surface area contributed by atoms with Crippen LogP contribution in [0, 0.1) is 0 Å². The Kier molecular flexibility index (Phi) is 5.92. The number of nitrogens with zero attached hydrogens (tertiary/aromatic N) is 3. The van der Waals surface area contributed by atoms with Crippen molar-refractivity contribution in [2.24, 2.45) is 0 Å². The van der Waals surface area contributed by atoms with Gasteiger partial charge in [-0.25, -0.2) is 9.97 Å². The van der Waals surface area contributed by atoms with Crippen LogP contribution in [0.2, 0.25) is 0 Å². The molecule has 0 radical (unpaired) electrons. The second-order valence-electron chi connectivity index (χ2n) is 7.18. The van der Waals surface area contributed by atoms with Crippen LogP contribution in [0.4, 0.5) is 24.7 Å². The SMILES string of the molecule is O=C(C=Cc1ccc(C(F)(F)F)nc1N1CCC(O)CC1)Nc1ccc2ncsc2c1. The van der Waals surface area contributed by atoms with Crippen LogP contribution in [0.3, 0.4) is 0 Å². The topological polar surface area (TPSA) is 78.4 Å². The first-order valence-electron chi connectivity index (χ1n) is 9.63. The second kappa shape index (κ2) is 8.64. The number of hydrogen-bond donors (Lipinski definition) is 2. The van der Waals surface area contributed by atoms with Gasteiger partial charge in [-0.3, -0.25) is 4.79 Å². The molecular formula is C21H19F3N4O2S. The number of fused-ring (bicyclic) bond motifs is 1. The first-order valence-corrected chi connectivity index (χ1v) is 10.5. The molecule has 0 atom stereocenters. The van der Waals surface area contributed by atoms with E-state index >= 15 is 0 Å². The molecule has 2 aromatic heterocycles.